The maximum absolute atomic E-state index is 13.1. The molecule has 5 heteroatoms. The summed E-state index contributed by atoms with van der Waals surface area (Å²) in [4.78, 5) is 0. The molecule has 0 aliphatic rings. The summed E-state index contributed by atoms with van der Waals surface area (Å²) in [7, 11) is 0. The highest BCUT2D eigenvalue weighted by molar-refractivity contribution is 6.35. The Kier molecular flexibility index (Phi) is 3.94. The van der Waals surface area contributed by atoms with Crippen LogP contribution in [0.3, 0.4) is 0 Å². The van der Waals surface area contributed by atoms with E-state index in [1.165, 1.54) is 12.1 Å². The first-order valence-electron chi connectivity index (χ1n) is 5.17. The zero-order valence-corrected chi connectivity index (χ0v) is 10.8. The van der Waals surface area contributed by atoms with Crippen molar-refractivity contribution in [1.29, 1.82) is 0 Å². The second-order valence-electron chi connectivity index (χ2n) is 3.76. The SMILES string of the molecule is Nc1cc(F)cc(COc2ccc(Cl)cc2Cl)c1. The highest BCUT2D eigenvalue weighted by atomic mass is 35.5. The molecule has 2 rings (SSSR count). The van der Waals surface area contributed by atoms with Gasteiger partial charge in [-0.05, 0) is 42.0 Å². The fourth-order valence-electron chi connectivity index (χ4n) is 1.51. The average Bonchev–Trinajstić information content (AvgIpc) is 2.26. The summed E-state index contributed by atoms with van der Waals surface area (Å²) in [5, 5.41) is 0.939. The lowest BCUT2D eigenvalue weighted by molar-refractivity contribution is 0.306. The minimum absolute atomic E-state index is 0.184. The number of hydrogen-bond donors (Lipinski definition) is 1. The summed E-state index contributed by atoms with van der Waals surface area (Å²) in [6, 6.07) is 9.17. The van der Waals surface area contributed by atoms with Crippen LogP contribution in [-0.4, -0.2) is 0 Å². The van der Waals surface area contributed by atoms with Crippen LogP contribution in [0.1, 0.15) is 5.56 Å². The summed E-state index contributed by atoms with van der Waals surface area (Å²) in [5.41, 5.74) is 6.53. The molecule has 0 atom stereocenters. The van der Waals surface area contributed by atoms with Gasteiger partial charge in [-0.1, -0.05) is 23.2 Å². The van der Waals surface area contributed by atoms with Crippen molar-refractivity contribution >= 4 is 28.9 Å². The van der Waals surface area contributed by atoms with Crippen LogP contribution in [0.2, 0.25) is 10.0 Å². The van der Waals surface area contributed by atoms with Gasteiger partial charge in [-0.2, -0.15) is 0 Å². The average molecular weight is 286 g/mol. The molecule has 0 heterocycles. The Morgan fingerprint density at radius 1 is 1.11 bits per heavy atom. The molecule has 2 nitrogen and oxygen atoms in total. The van der Waals surface area contributed by atoms with Crippen molar-refractivity contribution in [3.05, 3.63) is 57.8 Å². The molecule has 0 aromatic heterocycles. The second kappa shape index (κ2) is 5.46. The van der Waals surface area contributed by atoms with Crippen molar-refractivity contribution < 1.29 is 9.13 Å². The van der Waals surface area contributed by atoms with Gasteiger partial charge >= 0.3 is 0 Å². The maximum Gasteiger partial charge on any atom is 0.138 e. The second-order valence-corrected chi connectivity index (χ2v) is 4.60. The van der Waals surface area contributed by atoms with E-state index in [1.54, 1.807) is 24.3 Å². The van der Waals surface area contributed by atoms with Gasteiger partial charge in [-0.25, -0.2) is 4.39 Å². The molecule has 94 valence electrons. The Balaban J connectivity index is 2.11. The minimum atomic E-state index is -0.393. The van der Waals surface area contributed by atoms with E-state index >= 15 is 0 Å². The standard InChI is InChI=1S/C13H10Cl2FNO/c14-9-1-2-13(12(15)5-9)18-7-8-3-10(16)6-11(17)4-8/h1-6H,7,17H2. The van der Waals surface area contributed by atoms with Crippen molar-refractivity contribution in [2.45, 2.75) is 6.61 Å². The fraction of sp³-hybridized carbons (Fsp3) is 0.0769. The maximum atomic E-state index is 13.1. The fourth-order valence-corrected chi connectivity index (χ4v) is 1.98. The van der Waals surface area contributed by atoms with Crippen molar-refractivity contribution in [1.82, 2.24) is 0 Å². The summed E-state index contributed by atoms with van der Waals surface area (Å²) in [6.07, 6.45) is 0. The number of rotatable bonds is 3. The molecule has 0 radical (unpaired) electrons. The van der Waals surface area contributed by atoms with Crippen LogP contribution in [0, 0.1) is 5.82 Å². The number of nitrogen functional groups attached to an aromatic ring is 1. The van der Waals surface area contributed by atoms with E-state index in [0.29, 0.717) is 27.0 Å². The van der Waals surface area contributed by atoms with Gasteiger partial charge in [0.15, 0.2) is 0 Å². The number of nitrogens with two attached hydrogens (primary N) is 1. The number of anilines is 1. The van der Waals surface area contributed by atoms with Crippen molar-refractivity contribution in [2.24, 2.45) is 0 Å². The Hall–Kier alpha value is -1.45. The first kappa shape index (κ1) is 13.0. The van der Waals surface area contributed by atoms with Crippen LogP contribution < -0.4 is 10.5 Å². The van der Waals surface area contributed by atoms with E-state index in [2.05, 4.69) is 0 Å². The van der Waals surface area contributed by atoms with Gasteiger partial charge in [0.2, 0.25) is 0 Å². The third-order valence-corrected chi connectivity index (χ3v) is 2.80. The molecule has 0 unspecified atom stereocenters. The highest BCUT2D eigenvalue weighted by Crippen LogP contribution is 2.28. The molecule has 18 heavy (non-hydrogen) atoms. The van der Waals surface area contributed by atoms with Crippen LogP contribution in [0.5, 0.6) is 5.75 Å². The lowest BCUT2D eigenvalue weighted by atomic mass is 10.2. The Bertz CT molecular complexity index is 555. The molecule has 0 aliphatic heterocycles. The summed E-state index contributed by atoms with van der Waals surface area (Å²) >= 11 is 11.7. The van der Waals surface area contributed by atoms with Gasteiger partial charge in [0.1, 0.15) is 18.2 Å². The van der Waals surface area contributed by atoms with E-state index < -0.39 is 5.82 Å². The highest BCUT2D eigenvalue weighted by Gasteiger charge is 2.04. The number of benzene rings is 2. The van der Waals surface area contributed by atoms with E-state index in [4.69, 9.17) is 33.7 Å². The largest absolute Gasteiger partial charge is 0.487 e. The molecule has 0 fully saturated rings. The van der Waals surface area contributed by atoms with Crippen LogP contribution >= 0.6 is 23.2 Å². The first-order chi connectivity index (χ1) is 8.54. The Morgan fingerprint density at radius 3 is 2.56 bits per heavy atom. The van der Waals surface area contributed by atoms with E-state index in [0.717, 1.165) is 0 Å². The number of ether oxygens (including phenoxy) is 1. The van der Waals surface area contributed by atoms with Gasteiger partial charge < -0.3 is 10.5 Å². The molecule has 0 saturated carbocycles. The summed E-state index contributed by atoms with van der Waals surface area (Å²) in [5.74, 6) is 0.0969. The third kappa shape index (κ3) is 3.28. The predicted octanol–water partition coefficient (Wildman–Crippen LogP) is 4.29. The van der Waals surface area contributed by atoms with Gasteiger partial charge in [-0.15, -0.1) is 0 Å². The molecule has 0 spiro atoms. The normalized spacial score (nSPS) is 10.4. The molecule has 0 amide bonds. The van der Waals surface area contributed by atoms with Crippen LogP contribution in [-0.2, 0) is 6.61 Å². The van der Waals surface area contributed by atoms with E-state index in [1.807, 2.05) is 0 Å². The summed E-state index contributed by atoms with van der Waals surface area (Å²) in [6.45, 7) is 0.184. The predicted molar refractivity (Wildman–Crippen MR) is 71.6 cm³/mol. The van der Waals surface area contributed by atoms with Crippen LogP contribution in [0.15, 0.2) is 36.4 Å². The smallest absolute Gasteiger partial charge is 0.138 e. The molecule has 2 N–H and O–H groups in total. The molecule has 2 aromatic carbocycles. The van der Waals surface area contributed by atoms with Gasteiger partial charge in [-0.3, -0.25) is 0 Å². The molecule has 0 bridgehead atoms. The molecular weight excluding hydrogens is 276 g/mol. The quantitative estimate of drug-likeness (QED) is 0.854. The third-order valence-electron chi connectivity index (χ3n) is 2.27. The van der Waals surface area contributed by atoms with Crippen molar-refractivity contribution in [3.63, 3.8) is 0 Å². The molecule has 0 aliphatic carbocycles. The van der Waals surface area contributed by atoms with Crippen LogP contribution in [0.4, 0.5) is 10.1 Å². The van der Waals surface area contributed by atoms with Gasteiger partial charge in [0.25, 0.3) is 0 Å². The lowest BCUT2D eigenvalue weighted by Crippen LogP contribution is -1.98. The summed E-state index contributed by atoms with van der Waals surface area (Å²) < 4.78 is 18.6. The number of halogens is 3. The van der Waals surface area contributed by atoms with Crippen LogP contribution in [0.25, 0.3) is 0 Å². The molecular formula is C13H10Cl2FNO. The monoisotopic (exact) mass is 285 g/mol. The molecule has 2 aromatic rings. The Labute approximate surface area is 114 Å². The van der Waals surface area contributed by atoms with Crippen molar-refractivity contribution in [3.8, 4) is 5.75 Å². The lowest BCUT2D eigenvalue weighted by Gasteiger charge is -2.09. The zero-order valence-electron chi connectivity index (χ0n) is 9.29. The van der Waals surface area contributed by atoms with Gasteiger partial charge in [0, 0.05) is 10.7 Å². The zero-order chi connectivity index (χ0) is 13.1. The van der Waals surface area contributed by atoms with Crippen molar-refractivity contribution in [2.75, 3.05) is 5.73 Å². The Morgan fingerprint density at radius 2 is 1.89 bits per heavy atom. The topological polar surface area (TPSA) is 35.2 Å². The number of hydrogen-bond acceptors (Lipinski definition) is 2. The molecule has 0 saturated heterocycles. The van der Waals surface area contributed by atoms with Gasteiger partial charge in [0.05, 0.1) is 5.02 Å². The van der Waals surface area contributed by atoms with E-state index in [-0.39, 0.29) is 6.61 Å². The van der Waals surface area contributed by atoms with E-state index in [9.17, 15) is 4.39 Å². The first-order valence-corrected chi connectivity index (χ1v) is 5.93. The minimum Gasteiger partial charge on any atom is -0.487 e.